The highest BCUT2D eigenvalue weighted by molar-refractivity contribution is 7.89. The highest BCUT2D eigenvalue weighted by Gasteiger charge is 2.54. The molecule has 2 atom stereocenters. The summed E-state index contributed by atoms with van der Waals surface area (Å²) in [4.78, 5) is 12.4. The van der Waals surface area contributed by atoms with E-state index in [9.17, 15) is 13.2 Å². The third-order valence-electron chi connectivity index (χ3n) is 4.71. The Bertz CT molecular complexity index is 672. The van der Waals surface area contributed by atoms with Crippen LogP contribution in [-0.2, 0) is 14.8 Å². The third-order valence-corrected chi connectivity index (χ3v) is 5.78. The summed E-state index contributed by atoms with van der Waals surface area (Å²) in [5.74, 6) is 1.33. The molecule has 0 radical (unpaired) electrons. The predicted molar refractivity (Wildman–Crippen MR) is 80.1 cm³/mol. The molecule has 1 aromatic carbocycles. The van der Waals surface area contributed by atoms with Crippen LogP contribution in [0.3, 0.4) is 0 Å². The number of carbonyl (C=O) groups is 1. The Morgan fingerprint density at radius 3 is 2.38 bits per heavy atom. The lowest BCUT2D eigenvalue weighted by molar-refractivity contribution is -0.117. The molecule has 1 aromatic rings. The molecule has 0 aliphatic heterocycles. The number of amides is 1. The van der Waals surface area contributed by atoms with E-state index in [1.165, 1.54) is 18.9 Å². The van der Waals surface area contributed by atoms with Crippen molar-refractivity contribution in [1.82, 2.24) is 0 Å². The third kappa shape index (κ3) is 2.82. The fraction of sp³-hybridized carbons (Fsp3) is 0.533. The smallest absolute Gasteiger partial charge is 0.238 e. The zero-order valence-corrected chi connectivity index (χ0v) is 12.8. The lowest BCUT2D eigenvalue weighted by atomic mass is 10.0. The van der Waals surface area contributed by atoms with E-state index in [0.717, 1.165) is 12.8 Å². The number of benzene rings is 1. The summed E-state index contributed by atoms with van der Waals surface area (Å²) in [5, 5.41) is 8.04. The Morgan fingerprint density at radius 2 is 1.86 bits per heavy atom. The van der Waals surface area contributed by atoms with Gasteiger partial charge in [0, 0.05) is 11.6 Å². The molecule has 114 valence electrons. The van der Waals surface area contributed by atoms with Crippen LogP contribution in [0, 0.1) is 24.7 Å². The minimum atomic E-state index is -3.71. The van der Waals surface area contributed by atoms with Crippen LogP contribution in [0.1, 0.15) is 31.2 Å². The van der Waals surface area contributed by atoms with Crippen molar-refractivity contribution in [3.8, 4) is 0 Å². The number of carbonyl (C=O) groups excluding carboxylic acids is 1. The van der Waals surface area contributed by atoms with Gasteiger partial charge in [0.15, 0.2) is 0 Å². The average molecular weight is 308 g/mol. The fourth-order valence-electron chi connectivity index (χ4n) is 3.65. The molecule has 2 aliphatic carbocycles. The van der Waals surface area contributed by atoms with Gasteiger partial charge in [0.25, 0.3) is 0 Å². The molecule has 5 nitrogen and oxygen atoms in total. The molecule has 2 saturated carbocycles. The maximum atomic E-state index is 12.3. The van der Waals surface area contributed by atoms with E-state index in [1.54, 1.807) is 19.1 Å². The van der Waals surface area contributed by atoms with Gasteiger partial charge in [0.1, 0.15) is 0 Å². The Labute approximate surface area is 125 Å². The molecular weight excluding hydrogens is 288 g/mol. The van der Waals surface area contributed by atoms with Crippen LogP contribution in [-0.4, -0.2) is 14.3 Å². The van der Waals surface area contributed by atoms with E-state index in [-0.39, 0.29) is 16.7 Å². The fourth-order valence-corrected chi connectivity index (χ4v) is 4.42. The minimum Gasteiger partial charge on any atom is -0.326 e. The number of hydrogen-bond acceptors (Lipinski definition) is 3. The van der Waals surface area contributed by atoms with Gasteiger partial charge in [-0.3, -0.25) is 4.79 Å². The van der Waals surface area contributed by atoms with Crippen molar-refractivity contribution < 1.29 is 13.2 Å². The number of nitrogens with one attached hydrogen (secondary N) is 1. The maximum Gasteiger partial charge on any atom is 0.238 e. The van der Waals surface area contributed by atoms with Gasteiger partial charge in [-0.1, -0.05) is 12.8 Å². The predicted octanol–water partition coefficient (Wildman–Crippen LogP) is 2.02. The summed E-state index contributed by atoms with van der Waals surface area (Å²) in [5.41, 5.74) is 1.18. The topological polar surface area (TPSA) is 89.3 Å². The Kier molecular flexibility index (Phi) is 3.53. The summed E-state index contributed by atoms with van der Waals surface area (Å²) < 4.78 is 22.7. The monoisotopic (exact) mass is 308 g/mol. The molecule has 0 spiro atoms. The molecule has 3 rings (SSSR count). The first-order chi connectivity index (χ1) is 9.88. The molecule has 2 unspecified atom stereocenters. The molecule has 0 bridgehead atoms. The molecule has 6 heteroatoms. The maximum absolute atomic E-state index is 12.3. The van der Waals surface area contributed by atoms with Crippen molar-refractivity contribution in [2.45, 2.75) is 37.5 Å². The highest BCUT2D eigenvalue weighted by Crippen LogP contribution is 2.55. The minimum absolute atomic E-state index is 0.0645. The number of aryl methyl sites for hydroxylation is 1. The van der Waals surface area contributed by atoms with Crippen LogP contribution in [0.15, 0.2) is 23.1 Å². The summed E-state index contributed by atoms with van der Waals surface area (Å²) in [7, 11) is -3.71. The van der Waals surface area contributed by atoms with Crippen molar-refractivity contribution in [2.75, 3.05) is 5.32 Å². The van der Waals surface area contributed by atoms with E-state index in [4.69, 9.17) is 5.14 Å². The number of fused-ring (bicyclic) bond motifs is 1. The van der Waals surface area contributed by atoms with Crippen molar-refractivity contribution in [3.05, 3.63) is 23.8 Å². The van der Waals surface area contributed by atoms with Gasteiger partial charge in [-0.15, -0.1) is 0 Å². The number of primary sulfonamides is 1. The Balaban J connectivity index is 1.71. The molecule has 0 aromatic heterocycles. The zero-order chi connectivity index (χ0) is 15.2. The van der Waals surface area contributed by atoms with Crippen LogP contribution >= 0.6 is 0 Å². The van der Waals surface area contributed by atoms with E-state index in [1.807, 2.05) is 0 Å². The van der Waals surface area contributed by atoms with Gasteiger partial charge in [0.05, 0.1) is 4.90 Å². The van der Waals surface area contributed by atoms with Crippen LogP contribution in [0.5, 0.6) is 0 Å². The number of hydrogen-bond donors (Lipinski definition) is 2. The highest BCUT2D eigenvalue weighted by atomic mass is 32.2. The average Bonchev–Trinajstić information content (AvgIpc) is 3.11. The van der Waals surface area contributed by atoms with Crippen molar-refractivity contribution >= 4 is 21.6 Å². The van der Waals surface area contributed by atoms with Gasteiger partial charge in [-0.25, -0.2) is 13.6 Å². The second kappa shape index (κ2) is 5.10. The molecule has 0 saturated heterocycles. The van der Waals surface area contributed by atoms with Crippen LogP contribution in [0.4, 0.5) is 5.69 Å². The second-order valence-corrected chi connectivity index (χ2v) is 7.68. The summed E-state index contributed by atoms with van der Waals surface area (Å²) >= 11 is 0. The molecule has 1 amide bonds. The molecule has 21 heavy (non-hydrogen) atoms. The van der Waals surface area contributed by atoms with E-state index in [0.29, 0.717) is 23.1 Å². The summed E-state index contributed by atoms with van der Waals surface area (Å²) in [6.07, 6.45) is 4.78. The molecule has 0 heterocycles. The lowest BCUT2D eigenvalue weighted by Crippen LogP contribution is -2.17. The largest absolute Gasteiger partial charge is 0.326 e. The van der Waals surface area contributed by atoms with Crippen molar-refractivity contribution in [2.24, 2.45) is 22.9 Å². The number of nitrogens with two attached hydrogens (primary N) is 1. The van der Waals surface area contributed by atoms with Gasteiger partial charge < -0.3 is 5.32 Å². The molecule has 2 aliphatic rings. The first kappa shape index (κ1) is 14.5. The van der Waals surface area contributed by atoms with Crippen LogP contribution in [0.2, 0.25) is 0 Å². The van der Waals surface area contributed by atoms with Crippen LogP contribution in [0.25, 0.3) is 0 Å². The van der Waals surface area contributed by atoms with Crippen LogP contribution < -0.4 is 10.5 Å². The second-order valence-electron chi connectivity index (χ2n) is 6.15. The zero-order valence-electron chi connectivity index (χ0n) is 12.0. The molecule has 2 fully saturated rings. The lowest BCUT2D eigenvalue weighted by Gasteiger charge is -2.08. The first-order valence-corrected chi connectivity index (χ1v) is 8.87. The summed E-state index contributed by atoms with van der Waals surface area (Å²) in [6.45, 7) is 1.67. The summed E-state index contributed by atoms with van der Waals surface area (Å²) in [6, 6.07) is 4.70. The van der Waals surface area contributed by atoms with Gasteiger partial charge in [-0.05, 0) is 55.4 Å². The molecular formula is C15H20N2O3S. The number of rotatable bonds is 3. The SMILES string of the molecule is Cc1cc(NC(=O)C2C3CCCCC32)ccc1S(N)(=O)=O. The van der Waals surface area contributed by atoms with Crippen molar-refractivity contribution in [1.29, 1.82) is 0 Å². The quantitative estimate of drug-likeness (QED) is 0.895. The number of anilines is 1. The Hall–Kier alpha value is -1.40. The van der Waals surface area contributed by atoms with Gasteiger partial charge in [-0.2, -0.15) is 0 Å². The molecule has 3 N–H and O–H groups in total. The Morgan fingerprint density at radius 1 is 1.24 bits per heavy atom. The normalized spacial score (nSPS) is 27.8. The van der Waals surface area contributed by atoms with Gasteiger partial charge in [0.2, 0.25) is 15.9 Å². The van der Waals surface area contributed by atoms with Gasteiger partial charge >= 0.3 is 0 Å². The van der Waals surface area contributed by atoms with Crippen molar-refractivity contribution in [3.63, 3.8) is 0 Å². The van der Waals surface area contributed by atoms with E-state index < -0.39 is 10.0 Å². The first-order valence-electron chi connectivity index (χ1n) is 7.32. The van der Waals surface area contributed by atoms with E-state index in [2.05, 4.69) is 5.32 Å². The standard InChI is InChI=1S/C15H20N2O3S/c1-9-8-10(6-7-13(9)21(16,19)20)17-15(18)14-11-4-2-3-5-12(11)14/h6-8,11-12,14H,2-5H2,1H3,(H,17,18)(H2,16,19,20). The van der Waals surface area contributed by atoms with E-state index >= 15 is 0 Å². The number of sulfonamides is 1.